The number of anilines is 2. The molecule has 0 saturated carbocycles. The monoisotopic (exact) mass is 625 g/mol. The summed E-state index contributed by atoms with van der Waals surface area (Å²) >= 11 is 0.960. The Morgan fingerprint density at radius 1 is 0.905 bits per heavy atom. The van der Waals surface area contributed by atoms with Gasteiger partial charge in [-0.15, -0.1) is 11.3 Å². The highest BCUT2D eigenvalue weighted by molar-refractivity contribution is 8.00. The second kappa shape index (κ2) is 12.9. The highest BCUT2D eigenvalue weighted by Crippen LogP contribution is 2.39. The molecule has 4 aromatic rings. The SMILES string of the molecule is O=C(O)CCNC(=O)c1ccc(CN(c2ccc(SC(F)(F)F)cc2)c2nc(-c3ccc(C(F)(F)F)cc3)cs2)cc1. The van der Waals surface area contributed by atoms with Crippen molar-refractivity contribution in [3.63, 3.8) is 0 Å². The molecule has 6 nitrogen and oxygen atoms in total. The minimum absolute atomic E-state index is 0.00551. The number of hydrogen-bond donors (Lipinski definition) is 2. The molecule has 0 aliphatic rings. The first-order valence-electron chi connectivity index (χ1n) is 12.1. The van der Waals surface area contributed by atoms with Gasteiger partial charge in [0.1, 0.15) is 0 Å². The number of benzene rings is 3. The lowest BCUT2D eigenvalue weighted by molar-refractivity contribution is -0.138. The van der Waals surface area contributed by atoms with E-state index >= 15 is 0 Å². The van der Waals surface area contributed by atoms with E-state index in [1.165, 1.54) is 47.7 Å². The molecule has 1 aromatic heterocycles. The van der Waals surface area contributed by atoms with E-state index in [1.807, 2.05) is 0 Å². The fraction of sp³-hybridized carbons (Fsp3) is 0.179. The van der Waals surface area contributed by atoms with Gasteiger partial charge in [-0.3, -0.25) is 9.59 Å². The maximum absolute atomic E-state index is 13.0. The van der Waals surface area contributed by atoms with Gasteiger partial charge in [-0.2, -0.15) is 26.3 Å². The number of aliphatic carboxylic acids is 1. The minimum atomic E-state index is -4.48. The zero-order valence-corrected chi connectivity index (χ0v) is 23.0. The molecule has 1 heterocycles. The molecule has 0 spiro atoms. The molecule has 0 saturated heterocycles. The first kappa shape index (κ1) is 30.9. The van der Waals surface area contributed by atoms with Gasteiger partial charge in [0.15, 0.2) is 5.13 Å². The van der Waals surface area contributed by atoms with Gasteiger partial charge in [-0.05, 0) is 65.9 Å². The molecule has 42 heavy (non-hydrogen) atoms. The number of nitrogens with one attached hydrogen (secondary N) is 1. The van der Waals surface area contributed by atoms with Crippen LogP contribution in [-0.4, -0.2) is 34.0 Å². The Morgan fingerprint density at radius 3 is 2.12 bits per heavy atom. The standard InChI is InChI=1S/C28H21F6N3O3S2/c29-27(30,31)20-7-5-18(6-8-20)23-16-41-26(36-23)37(21-9-11-22(12-10-21)42-28(32,33)34)15-17-1-3-19(4-2-17)25(40)35-14-13-24(38)39/h1-12,16H,13-15H2,(H,35,40)(H,38,39). The summed E-state index contributed by atoms with van der Waals surface area (Å²) in [6, 6.07) is 16.7. The van der Waals surface area contributed by atoms with Crippen molar-refractivity contribution in [1.29, 1.82) is 0 Å². The summed E-state index contributed by atoms with van der Waals surface area (Å²) in [5.74, 6) is -1.49. The second-order valence-electron chi connectivity index (χ2n) is 8.81. The first-order chi connectivity index (χ1) is 19.8. The zero-order chi connectivity index (χ0) is 30.5. The fourth-order valence-corrected chi connectivity index (χ4v) is 5.17. The summed E-state index contributed by atoms with van der Waals surface area (Å²) in [7, 11) is 0. The Bertz CT molecular complexity index is 1520. The molecule has 14 heteroatoms. The number of aromatic nitrogens is 1. The number of hydrogen-bond acceptors (Lipinski definition) is 6. The Hall–Kier alpha value is -4.04. The molecule has 0 atom stereocenters. The first-order valence-corrected chi connectivity index (χ1v) is 13.8. The van der Waals surface area contributed by atoms with Crippen molar-refractivity contribution in [3.8, 4) is 11.3 Å². The molecule has 0 fully saturated rings. The third-order valence-corrected chi connectivity index (χ3v) is 7.40. The Morgan fingerprint density at radius 2 is 1.55 bits per heavy atom. The smallest absolute Gasteiger partial charge is 0.446 e. The molecular formula is C28H21F6N3O3S2. The van der Waals surface area contributed by atoms with Gasteiger partial charge < -0.3 is 15.3 Å². The van der Waals surface area contributed by atoms with E-state index < -0.39 is 29.1 Å². The van der Waals surface area contributed by atoms with E-state index in [-0.39, 0.29) is 36.2 Å². The van der Waals surface area contributed by atoms with Crippen molar-refractivity contribution in [3.05, 3.63) is 94.9 Å². The van der Waals surface area contributed by atoms with E-state index in [0.717, 1.165) is 17.7 Å². The summed E-state index contributed by atoms with van der Waals surface area (Å²) in [4.78, 5) is 29.3. The highest BCUT2D eigenvalue weighted by Gasteiger charge is 2.30. The van der Waals surface area contributed by atoms with Crippen LogP contribution >= 0.6 is 23.1 Å². The van der Waals surface area contributed by atoms with Crippen molar-refractivity contribution in [1.82, 2.24) is 10.3 Å². The maximum Gasteiger partial charge on any atom is 0.446 e. The van der Waals surface area contributed by atoms with Crippen LogP contribution < -0.4 is 10.2 Å². The quantitative estimate of drug-likeness (QED) is 0.137. The normalized spacial score (nSPS) is 11.8. The predicted octanol–water partition coefficient (Wildman–Crippen LogP) is 7.98. The number of thiazole rings is 1. The van der Waals surface area contributed by atoms with Gasteiger partial charge in [0.2, 0.25) is 0 Å². The number of rotatable bonds is 10. The third kappa shape index (κ3) is 8.49. The number of carbonyl (C=O) groups is 2. The van der Waals surface area contributed by atoms with Crippen LogP contribution in [0.3, 0.4) is 0 Å². The van der Waals surface area contributed by atoms with Gasteiger partial charge in [0.05, 0.1) is 24.2 Å². The van der Waals surface area contributed by atoms with Crippen LogP contribution in [0.15, 0.2) is 83.1 Å². The number of carboxylic acid groups (broad SMARTS) is 1. The lowest BCUT2D eigenvalue weighted by Crippen LogP contribution is -2.26. The van der Waals surface area contributed by atoms with Gasteiger partial charge in [-0.25, -0.2) is 4.98 Å². The lowest BCUT2D eigenvalue weighted by Gasteiger charge is -2.23. The average Bonchev–Trinajstić information content (AvgIpc) is 3.41. The molecular weight excluding hydrogens is 604 g/mol. The number of carboxylic acids is 1. The molecule has 0 radical (unpaired) electrons. The molecule has 1 amide bonds. The van der Waals surface area contributed by atoms with Crippen molar-refractivity contribution >= 4 is 45.8 Å². The summed E-state index contributed by atoms with van der Waals surface area (Å²) in [6.45, 7) is 0.171. The van der Waals surface area contributed by atoms with E-state index in [0.29, 0.717) is 27.6 Å². The summed E-state index contributed by atoms with van der Waals surface area (Å²) < 4.78 is 77.4. The van der Waals surface area contributed by atoms with Crippen LogP contribution in [-0.2, 0) is 17.5 Å². The second-order valence-corrected chi connectivity index (χ2v) is 10.8. The molecule has 3 aromatic carbocycles. The number of halogens is 6. The van der Waals surface area contributed by atoms with Crippen molar-refractivity contribution in [2.45, 2.75) is 29.5 Å². The third-order valence-electron chi connectivity index (χ3n) is 5.79. The van der Waals surface area contributed by atoms with Gasteiger partial charge >= 0.3 is 17.7 Å². The van der Waals surface area contributed by atoms with E-state index in [4.69, 9.17) is 5.11 Å². The number of amides is 1. The van der Waals surface area contributed by atoms with E-state index in [9.17, 15) is 35.9 Å². The van der Waals surface area contributed by atoms with Crippen LogP contribution in [0, 0.1) is 0 Å². The van der Waals surface area contributed by atoms with Gasteiger partial charge in [-0.1, -0.05) is 24.3 Å². The number of alkyl halides is 6. The Labute approximate surface area is 244 Å². The summed E-state index contributed by atoms with van der Waals surface area (Å²) in [5.41, 5.74) is -2.81. The van der Waals surface area contributed by atoms with Crippen molar-refractivity contribution in [2.75, 3.05) is 11.4 Å². The molecule has 0 aliphatic heterocycles. The zero-order valence-electron chi connectivity index (χ0n) is 21.4. The average molecular weight is 626 g/mol. The Balaban J connectivity index is 1.59. The Kier molecular flexibility index (Phi) is 9.46. The van der Waals surface area contributed by atoms with Crippen molar-refractivity contribution < 1.29 is 41.0 Å². The largest absolute Gasteiger partial charge is 0.481 e. The number of carbonyl (C=O) groups excluding carboxylic acids is 1. The van der Waals surface area contributed by atoms with E-state index in [2.05, 4.69) is 10.3 Å². The topological polar surface area (TPSA) is 82.5 Å². The lowest BCUT2D eigenvalue weighted by atomic mass is 10.1. The highest BCUT2D eigenvalue weighted by atomic mass is 32.2. The molecule has 0 unspecified atom stereocenters. The van der Waals surface area contributed by atoms with Crippen molar-refractivity contribution in [2.24, 2.45) is 0 Å². The number of thioether (sulfide) groups is 1. The van der Waals surface area contributed by atoms with Crippen LogP contribution in [0.5, 0.6) is 0 Å². The van der Waals surface area contributed by atoms with Crippen LogP contribution in [0.2, 0.25) is 0 Å². The molecule has 4 rings (SSSR count). The van der Waals surface area contributed by atoms with E-state index in [1.54, 1.807) is 34.5 Å². The fourth-order valence-electron chi connectivity index (χ4n) is 3.78. The molecule has 0 aliphatic carbocycles. The van der Waals surface area contributed by atoms with Crippen LogP contribution in [0.4, 0.5) is 37.2 Å². The molecule has 2 N–H and O–H groups in total. The summed E-state index contributed by atoms with van der Waals surface area (Å²) in [5, 5.41) is 13.3. The summed E-state index contributed by atoms with van der Waals surface area (Å²) in [6.07, 6.45) is -4.70. The number of nitrogens with zero attached hydrogens (tertiary/aromatic N) is 2. The molecule has 0 bridgehead atoms. The minimum Gasteiger partial charge on any atom is -0.481 e. The predicted molar refractivity (Wildman–Crippen MR) is 148 cm³/mol. The van der Waals surface area contributed by atoms with Gasteiger partial charge in [0.25, 0.3) is 5.91 Å². The maximum atomic E-state index is 13.0. The van der Waals surface area contributed by atoms with Gasteiger partial charge in [0, 0.05) is 33.6 Å². The van der Waals surface area contributed by atoms with Crippen LogP contribution in [0.25, 0.3) is 11.3 Å². The molecule has 220 valence electrons. The van der Waals surface area contributed by atoms with Crippen LogP contribution in [0.1, 0.15) is 27.9 Å².